The smallest absolute Gasteiger partial charge is 0.240 e. The Hall–Kier alpha value is -2.87. The highest BCUT2D eigenvalue weighted by Crippen LogP contribution is 2.28. The molecule has 0 fully saturated rings. The summed E-state index contributed by atoms with van der Waals surface area (Å²) in [6, 6.07) is 18.1. The Bertz CT molecular complexity index is 1200. The van der Waals surface area contributed by atoms with Gasteiger partial charge in [-0.15, -0.1) is 0 Å². The van der Waals surface area contributed by atoms with Gasteiger partial charge in [-0.05, 0) is 70.9 Å². The van der Waals surface area contributed by atoms with E-state index >= 15 is 0 Å². The zero-order valence-electron chi connectivity index (χ0n) is 18.3. The Morgan fingerprint density at radius 3 is 2.44 bits per heavy atom. The highest BCUT2D eigenvalue weighted by Gasteiger charge is 2.08. The molecular formula is C25H22BrCl2N3O3. The third-order valence-electron chi connectivity index (χ3n) is 4.67. The molecule has 0 saturated carbocycles. The summed E-state index contributed by atoms with van der Waals surface area (Å²) < 4.78 is 6.54. The summed E-state index contributed by atoms with van der Waals surface area (Å²) in [7, 11) is 0. The quantitative estimate of drug-likeness (QED) is 0.230. The average molecular weight is 563 g/mol. The minimum Gasteiger partial charge on any atom is -0.488 e. The van der Waals surface area contributed by atoms with Crippen LogP contribution in [-0.2, 0) is 16.2 Å². The summed E-state index contributed by atoms with van der Waals surface area (Å²) in [6.45, 7) is 2.26. The Morgan fingerprint density at radius 2 is 1.74 bits per heavy atom. The van der Waals surface area contributed by atoms with E-state index in [1.807, 2.05) is 43.3 Å². The van der Waals surface area contributed by atoms with E-state index in [2.05, 4.69) is 31.8 Å². The molecule has 6 nitrogen and oxygen atoms in total. The van der Waals surface area contributed by atoms with E-state index in [4.69, 9.17) is 27.9 Å². The maximum absolute atomic E-state index is 12.0. The van der Waals surface area contributed by atoms with Crippen LogP contribution in [0.15, 0.2) is 70.2 Å². The second-order valence-electron chi connectivity index (χ2n) is 7.42. The number of nitrogens with zero attached hydrogens (tertiary/aromatic N) is 1. The number of aryl methyl sites for hydroxylation is 1. The van der Waals surface area contributed by atoms with E-state index in [1.165, 1.54) is 6.21 Å². The molecule has 0 aliphatic rings. The van der Waals surface area contributed by atoms with E-state index in [-0.39, 0.29) is 31.3 Å². The van der Waals surface area contributed by atoms with Gasteiger partial charge in [0.2, 0.25) is 11.8 Å². The van der Waals surface area contributed by atoms with Crippen LogP contribution in [0.1, 0.15) is 29.5 Å². The summed E-state index contributed by atoms with van der Waals surface area (Å²) in [5.41, 5.74) is 5.80. The van der Waals surface area contributed by atoms with Gasteiger partial charge in [-0.3, -0.25) is 9.59 Å². The maximum atomic E-state index is 12.0. The van der Waals surface area contributed by atoms with Crippen LogP contribution in [0.4, 0.5) is 5.69 Å². The number of ether oxygens (including phenoxy) is 1. The predicted octanol–water partition coefficient (Wildman–Crippen LogP) is 6.51. The minimum absolute atomic E-state index is 0.0266. The highest BCUT2D eigenvalue weighted by molar-refractivity contribution is 9.10. The Balaban J connectivity index is 1.44. The van der Waals surface area contributed by atoms with E-state index in [9.17, 15) is 9.59 Å². The molecule has 0 aromatic heterocycles. The van der Waals surface area contributed by atoms with Crippen LogP contribution in [0.3, 0.4) is 0 Å². The van der Waals surface area contributed by atoms with Crippen molar-refractivity contribution in [3.63, 3.8) is 0 Å². The van der Waals surface area contributed by atoms with Crippen molar-refractivity contribution in [2.24, 2.45) is 5.10 Å². The first kappa shape index (κ1) is 25.7. The van der Waals surface area contributed by atoms with Crippen LogP contribution in [-0.4, -0.2) is 18.0 Å². The van der Waals surface area contributed by atoms with Crippen molar-refractivity contribution in [3.05, 3.63) is 91.9 Å². The second-order valence-corrected chi connectivity index (χ2v) is 9.12. The van der Waals surface area contributed by atoms with E-state index in [0.717, 1.165) is 21.2 Å². The number of hydrogen-bond acceptors (Lipinski definition) is 4. The summed E-state index contributed by atoms with van der Waals surface area (Å²) >= 11 is 15.6. The standard InChI is InChI=1S/C25H22BrCl2N3O3/c1-16-2-7-20(8-3-16)30-24(32)10-11-25(33)31-29-14-17-4-9-23(21(26)12-17)34-15-18-5-6-19(27)13-22(18)28/h2-9,12-14H,10-11,15H2,1H3,(H,30,32)(H,31,33). The van der Waals surface area contributed by atoms with Gasteiger partial charge >= 0.3 is 0 Å². The van der Waals surface area contributed by atoms with Crippen molar-refractivity contribution in [3.8, 4) is 5.75 Å². The maximum Gasteiger partial charge on any atom is 0.240 e. The zero-order chi connectivity index (χ0) is 24.5. The van der Waals surface area contributed by atoms with Crippen LogP contribution in [0, 0.1) is 6.92 Å². The third-order valence-corrected chi connectivity index (χ3v) is 5.88. The number of hydrogen-bond donors (Lipinski definition) is 2. The fraction of sp³-hybridized carbons (Fsp3) is 0.160. The van der Waals surface area contributed by atoms with Crippen LogP contribution in [0.25, 0.3) is 0 Å². The highest BCUT2D eigenvalue weighted by atomic mass is 79.9. The monoisotopic (exact) mass is 561 g/mol. The van der Waals surface area contributed by atoms with Gasteiger partial charge in [-0.2, -0.15) is 5.10 Å². The molecule has 0 heterocycles. The van der Waals surface area contributed by atoms with Gasteiger partial charge in [-0.25, -0.2) is 5.43 Å². The molecule has 2 amide bonds. The molecule has 0 aliphatic carbocycles. The van der Waals surface area contributed by atoms with Crippen molar-refractivity contribution in [2.75, 3.05) is 5.32 Å². The van der Waals surface area contributed by atoms with Crippen LogP contribution >= 0.6 is 39.1 Å². The lowest BCUT2D eigenvalue weighted by atomic mass is 10.2. The molecule has 0 radical (unpaired) electrons. The topological polar surface area (TPSA) is 79.8 Å². The molecule has 34 heavy (non-hydrogen) atoms. The van der Waals surface area contributed by atoms with Crippen molar-refractivity contribution < 1.29 is 14.3 Å². The van der Waals surface area contributed by atoms with Crippen LogP contribution < -0.4 is 15.5 Å². The van der Waals surface area contributed by atoms with Crippen molar-refractivity contribution in [2.45, 2.75) is 26.4 Å². The van der Waals surface area contributed by atoms with Gasteiger partial charge in [0.05, 0.1) is 10.7 Å². The molecule has 3 rings (SSSR count). The van der Waals surface area contributed by atoms with E-state index in [1.54, 1.807) is 24.3 Å². The van der Waals surface area contributed by atoms with Gasteiger partial charge in [0.15, 0.2) is 0 Å². The third kappa shape index (κ3) is 8.17. The second kappa shape index (κ2) is 12.6. The molecule has 176 valence electrons. The molecule has 2 N–H and O–H groups in total. The van der Waals surface area contributed by atoms with Crippen molar-refractivity contribution in [1.29, 1.82) is 0 Å². The molecule has 0 aliphatic heterocycles. The number of amides is 2. The molecule has 0 unspecified atom stereocenters. The van der Waals surface area contributed by atoms with Crippen molar-refractivity contribution in [1.82, 2.24) is 5.43 Å². The molecular weight excluding hydrogens is 541 g/mol. The number of hydrazone groups is 1. The molecule has 9 heteroatoms. The first-order chi connectivity index (χ1) is 16.3. The average Bonchev–Trinajstić information content (AvgIpc) is 2.80. The largest absolute Gasteiger partial charge is 0.488 e. The molecule has 3 aromatic carbocycles. The SMILES string of the molecule is Cc1ccc(NC(=O)CCC(=O)NN=Cc2ccc(OCc3ccc(Cl)cc3Cl)c(Br)c2)cc1. The number of benzene rings is 3. The summed E-state index contributed by atoms with van der Waals surface area (Å²) in [4.78, 5) is 24.0. The summed E-state index contributed by atoms with van der Waals surface area (Å²) in [5.74, 6) is 0.0448. The summed E-state index contributed by atoms with van der Waals surface area (Å²) in [6.07, 6.45) is 1.60. The van der Waals surface area contributed by atoms with Crippen LogP contribution in [0.2, 0.25) is 10.0 Å². The van der Waals surface area contributed by atoms with Gasteiger partial charge in [0.1, 0.15) is 12.4 Å². The predicted molar refractivity (Wildman–Crippen MR) is 140 cm³/mol. The van der Waals surface area contributed by atoms with E-state index < -0.39 is 0 Å². The van der Waals surface area contributed by atoms with Crippen molar-refractivity contribution >= 4 is 62.8 Å². The molecule has 0 bridgehead atoms. The fourth-order valence-corrected chi connectivity index (χ4v) is 3.80. The Kier molecular flexibility index (Phi) is 9.51. The first-order valence-corrected chi connectivity index (χ1v) is 11.9. The molecule has 0 spiro atoms. The first-order valence-electron chi connectivity index (χ1n) is 10.3. The molecule has 0 atom stereocenters. The van der Waals surface area contributed by atoms with E-state index in [0.29, 0.717) is 21.5 Å². The Morgan fingerprint density at radius 1 is 1.00 bits per heavy atom. The lowest BCUT2D eigenvalue weighted by Crippen LogP contribution is -2.20. The lowest BCUT2D eigenvalue weighted by Gasteiger charge is -2.10. The number of anilines is 1. The van der Waals surface area contributed by atoms with Crippen LogP contribution in [0.5, 0.6) is 5.75 Å². The number of halogens is 3. The fourth-order valence-electron chi connectivity index (χ4n) is 2.83. The molecule has 3 aromatic rings. The number of carbonyl (C=O) groups is 2. The number of carbonyl (C=O) groups excluding carboxylic acids is 2. The van der Waals surface area contributed by atoms with Gasteiger partial charge < -0.3 is 10.1 Å². The minimum atomic E-state index is -0.353. The zero-order valence-corrected chi connectivity index (χ0v) is 21.4. The number of rotatable bonds is 9. The Labute approximate surface area is 216 Å². The van der Waals surface area contributed by atoms with Gasteiger partial charge in [0, 0.05) is 34.1 Å². The van der Waals surface area contributed by atoms with Gasteiger partial charge in [-0.1, -0.05) is 47.0 Å². The molecule has 0 saturated heterocycles. The number of nitrogens with one attached hydrogen (secondary N) is 2. The normalized spacial score (nSPS) is 10.8. The lowest BCUT2D eigenvalue weighted by molar-refractivity contribution is -0.124. The van der Waals surface area contributed by atoms with Gasteiger partial charge in [0.25, 0.3) is 0 Å². The summed E-state index contributed by atoms with van der Waals surface area (Å²) in [5, 5.41) is 7.81.